The van der Waals surface area contributed by atoms with E-state index in [0.717, 1.165) is 46.6 Å². The highest BCUT2D eigenvalue weighted by atomic mass is 32.1. The number of rotatable bonds is 3. The molecule has 2 amide bonds. The van der Waals surface area contributed by atoms with Gasteiger partial charge in [-0.3, -0.25) is 14.3 Å². The zero-order valence-electron chi connectivity index (χ0n) is 17.3. The van der Waals surface area contributed by atoms with E-state index in [2.05, 4.69) is 5.10 Å². The van der Waals surface area contributed by atoms with Gasteiger partial charge >= 0.3 is 0 Å². The molecule has 0 atom stereocenters. The number of thiophene rings is 1. The molecule has 1 aliphatic carbocycles. The molecule has 1 aliphatic heterocycles. The minimum absolute atomic E-state index is 0.00736. The van der Waals surface area contributed by atoms with Crippen molar-refractivity contribution in [2.75, 3.05) is 26.2 Å². The van der Waals surface area contributed by atoms with E-state index in [9.17, 15) is 9.59 Å². The quantitative estimate of drug-likeness (QED) is 0.649. The third-order valence-corrected chi connectivity index (χ3v) is 7.20. The standard InChI is InChI=1S/C22H25N5O2S/c1-14-19-16(13-17(18-7-4-12-30-18)23-20(19)25(2)24-14)22(29)27-10-8-26(9-11-27)21(28)15-5-3-6-15/h4,7,12-13,15H,3,5-6,8-11H2,1-2H3. The third kappa shape index (κ3) is 3.19. The first-order valence-corrected chi connectivity index (χ1v) is 11.4. The second kappa shape index (κ2) is 7.50. The number of piperazine rings is 1. The lowest BCUT2D eigenvalue weighted by atomic mass is 9.84. The second-order valence-electron chi connectivity index (χ2n) is 8.19. The van der Waals surface area contributed by atoms with Crippen LogP contribution in [0.5, 0.6) is 0 Å². The summed E-state index contributed by atoms with van der Waals surface area (Å²) in [6.07, 6.45) is 3.18. The maximum Gasteiger partial charge on any atom is 0.254 e. The fourth-order valence-corrected chi connectivity index (χ4v) is 5.06. The first-order chi connectivity index (χ1) is 14.5. The van der Waals surface area contributed by atoms with Crippen molar-refractivity contribution >= 4 is 34.2 Å². The molecule has 0 aromatic carbocycles. The Morgan fingerprint density at radius 1 is 1.13 bits per heavy atom. The van der Waals surface area contributed by atoms with Gasteiger partial charge in [-0.2, -0.15) is 5.10 Å². The normalized spacial score (nSPS) is 17.4. The van der Waals surface area contributed by atoms with Gasteiger partial charge in [0, 0.05) is 39.1 Å². The molecule has 1 saturated heterocycles. The molecule has 4 heterocycles. The van der Waals surface area contributed by atoms with Crippen LogP contribution in [0.1, 0.15) is 35.3 Å². The predicted octanol–water partition coefficient (Wildman–Crippen LogP) is 3.09. The SMILES string of the molecule is Cc1nn(C)c2nc(-c3cccs3)cc(C(=O)N3CCN(C(=O)C4CCC4)CC3)c12. The third-order valence-electron chi connectivity index (χ3n) is 6.31. The molecular formula is C22H25N5O2S. The lowest BCUT2D eigenvalue weighted by Gasteiger charge is -2.38. The number of aromatic nitrogens is 3. The molecule has 0 unspecified atom stereocenters. The Morgan fingerprint density at radius 2 is 1.87 bits per heavy atom. The number of carbonyl (C=O) groups excluding carboxylic acids is 2. The zero-order valence-corrected chi connectivity index (χ0v) is 18.1. The molecule has 2 aliphatic rings. The first kappa shape index (κ1) is 19.2. The molecular weight excluding hydrogens is 398 g/mol. The number of fused-ring (bicyclic) bond motifs is 1. The maximum absolute atomic E-state index is 13.5. The summed E-state index contributed by atoms with van der Waals surface area (Å²) in [5.74, 6) is 0.466. The Labute approximate surface area is 179 Å². The number of carbonyl (C=O) groups is 2. The minimum atomic E-state index is -0.00736. The molecule has 2 fully saturated rings. The van der Waals surface area contributed by atoms with Crippen molar-refractivity contribution in [3.05, 3.63) is 34.8 Å². The van der Waals surface area contributed by atoms with Gasteiger partial charge in [-0.05, 0) is 37.3 Å². The van der Waals surface area contributed by atoms with Gasteiger partial charge in [0.1, 0.15) is 0 Å². The Balaban J connectivity index is 1.44. The maximum atomic E-state index is 13.5. The molecule has 0 radical (unpaired) electrons. The van der Waals surface area contributed by atoms with Crippen LogP contribution in [0.25, 0.3) is 21.6 Å². The molecule has 156 valence electrons. The van der Waals surface area contributed by atoms with Gasteiger partial charge in [-0.15, -0.1) is 11.3 Å². The number of pyridine rings is 1. The fraction of sp³-hybridized carbons (Fsp3) is 0.455. The molecule has 0 bridgehead atoms. The van der Waals surface area contributed by atoms with Gasteiger partial charge in [-0.25, -0.2) is 4.98 Å². The molecule has 3 aromatic rings. The zero-order chi connectivity index (χ0) is 20.8. The number of amides is 2. The first-order valence-electron chi connectivity index (χ1n) is 10.5. The average molecular weight is 424 g/mol. The highest BCUT2D eigenvalue weighted by molar-refractivity contribution is 7.13. The van der Waals surface area contributed by atoms with Crippen LogP contribution >= 0.6 is 11.3 Å². The second-order valence-corrected chi connectivity index (χ2v) is 9.13. The Morgan fingerprint density at radius 3 is 2.50 bits per heavy atom. The molecule has 8 heteroatoms. The van der Waals surface area contributed by atoms with Gasteiger partial charge in [0.15, 0.2) is 5.65 Å². The lowest BCUT2D eigenvalue weighted by Crippen LogP contribution is -2.52. The van der Waals surface area contributed by atoms with Crippen molar-refractivity contribution in [2.45, 2.75) is 26.2 Å². The summed E-state index contributed by atoms with van der Waals surface area (Å²) >= 11 is 1.61. The number of hydrogen-bond acceptors (Lipinski definition) is 5. The van der Waals surface area contributed by atoms with E-state index in [1.54, 1.807) is 16.0 Å². The van der Waals surface area contributed by atoms with Crippen LogP contribution in [0.2, 0.25) is 0 Å². The summed E-state index contributed by atoms with van der Waals surface area (Å²) in [7, 11) is 1.86. The van der Waals surface area contributed by atoms with Crippen molar-refractivity contribution in [3.63, 3.8) is 0 Å². The van der Waals surface area contributed by atoms with Crippen LogP contribution in [-0.2, 0) is 11.8 Å². The smallest absolute Gasteiger partial charge is 0.254 e. The summed E-state index contributed by atoms with van der Waals surface area (Å²) in [5, 5.41) is 7.33. The highest BCUT2D eigenvalue weighted by Crippen LogP contribution is 2.31. The van der Waals surface area contributed by atoms with Crippen LogP contribution < -0.4 is 0 Å². The number of nitrogens with zero attached hydrogens (tertiary/aromatic N) is 5. The summed E-state index contributed by atoms with van der Waals surface area (Å²) in [6, 6.07) is 5.90. The Kier molecular flexibility index (Phi) is 4.81. The molecule has 1 saturated carbocycles. The van der Waals surface area contributed by atoms with Gasteiger partial charge in [0.2, 0.25) is 5.91 Å². The van der Waals surface area contributed by atoms with Crippen LogP contribution in [0.4, 0.5) is 0 Å². The molecule has 7 nitrogen and oxygen atoms in total. The summed E-state index contributed by atoms with van der Waals surface area (Å²) in [4.78, 5) is 35.7. The van der Waals surface area contributed by atoms with E-state index in [4.69, 9.17) is 4.98 Å². The fourth-order valence-electron chi connectivity index (χ4n) is 4.38. The van der Waals surface area contributed by atoms with E-state index in [1.807, 2.05) is 47.4 Å². The van der Waals surface area contributed by atoms with E-state index >= 15 is 0 Å². The van der Waals surface area contributed by atoms with Crippen molar-refractivity contribution < 1.29 is 9.59 Å². The Bertz CT molecular complexity index is 1110. The van der Waals surface area contributed by atoms with Crippen molar-refractivity contribution in [1.82, 2.24) is 24.6 Å². The predicted molar refractivity (Wildman–Crippen MR) is 116 cm³/mol. The Hall–Kier alpha value is -2.74. The van der Waals surface area contributed by atoms with Crippen molar-refractivity contribution in [2.24, 2.45) is 13.0 Å². The van der Waals surface area contributed by atoms with Crippen LogP contribution in [0, 0.1) is 12.8 Å². The van der Waals surface area contributed by atoms with E-state index < -0.39 is 0 Å². The van der Waals surface area contributed by atoms with E-state index in [1.165, 1.54) is 0 Å². The summed E-state index contributed by atoms with van der Waals surface area (Å²) in [6.45, 7) is 4.27. The van der Waals surface area contributed by atoms with E-state index in [0.29, 0.717) is 31.7 Å². The average Bonchev–Trinajstić information content (AvgIpc) is 3.34. The van der Waals surface area contributed by atoms with Gasteiger partial charge in [0.25, 0.3) is 5.91 Å². The largest absolute Gasteiger partial charge is 0.339 e. The topological polar surface area (TPSA) is 71.3 Å². The molecule has 0 N–H and O–H groups in total. The van der Waals surface area contributed by atoms with Gasteiger partial charge < -0.3 is 9.80 Å². The van der Waals surface area contributed by atoms with Gasteiger partial charge in [-0.1, -0.05) is 12.5 Å². The van der Waals surface area contributed by atoms with E-state index in [-0.39, 0.29) is 17.7 Å². The molecule has 0 spiro atoms. The summed E-state index contributed by atoms with van der Waals surface area (Å²) in [5.41, 5.74) is 2.97. The van der Waals surface area contributed by atoms with Crippen LogP contribution in [0.15, 0.2) is 23.6 Å². The number of aryl methyl sites for hydroxylation is 2. The molecule has 5 rings (SSSR count). The summed E-state index contributed by atoms with van der Waals surface area (Å²) < 4.78 is 1.74. The monoisotopic (exact) mass is 423 g/mol. The minimum Gasteiger partial charge on any atom is -0.339 e. The molecule has 30 heavy (non-hydrogen) atoms. The van der Waals surface area contributed by atoms with Crippen LogP contribution in [0.3, 0.4) is 0 Å². The van der Waals surface area contributed by atoms with Crippen LogP contribution in [-0.4, -0.2) is 62.6 Å². The van der Waals surface area contributed by atoms with Crippen molar-refractivity contribution in [3.8, 4) is 10.6 Å². The molecule has 3 aromatic heterocycles. The lowest BCUT2D eigenvalue weighted by molar-refractivity contribution is -0.139. The number of hydrogen-bond donors (Lipinski definition) is 0. The van der Waals surface area contributed by atoms with Crippen molar-refractivity contribution in [1.29, 1.82) is 0 Å². The highest BCUT2D eigenvalue weighted by Gasteiger charge is 2.33. The van der Waals surface area contributed by atoms with Gasteiger partial charge in [0.05, 0.1) is 27.2 Å².